The fourth-order valence-electron chi connectivity index (χ4n) is 1.98. The van der Waals surface area contributed by atoms with E-state index < -0.39 is 23.6 Å². The number of nitrogens with one attached hydrogen (secondary N) is 1. The molecule has 4 N–H and O–H groups in total. The molecule has 1 aromatic carbocycles. The van der Waals surface area contributed by atoms with Crippen LogP contribution < -0.4 is 11.1 Å². The molecule has 1 unspecified atom stereocenters. The molecule has 0 aliphatic carbocycles. The number of ether oxygens (including phenoxy) is 1. The van der Waals surface area contributed by atoms with Gasteiger partial charge >= 0.3 is 11.9 Å². The van der Waals surface area contributed by atoms with Gasteiger partial charge in [-0.25, -0.2) is 4.79 Å². The molecule has 0 aliphatic rings. The van der Waals surface area contributed by atoms with Crippen LogP contribution in [-0.2, 0) is 22.5 Å². The van der Waals surface area contributed by atoms with Gasteiger partial charge in [0.05, 0.1) is 5.56 Å². The topological polar surface area (TPSA) is 102 Å². The van der Waals surface area contributed by atoms with E-state index in [2.05, 4.69) is 5.32 Å². The van der Waals surface area contributed by atoms with E-state index in [1.807, 2.05) is 0 Å². The summed E-state index contributed by atoms with van der Waals surface area (Å²) in [4.78, 5) is 23.5. The van der Waals surface area contributed by atoms with Crippen LogP contribution in [0.3, 0.4) is 0 Å². The van der Waals surface area contributed by atoms with E-state index in [1.165, 1.54) is 0 Å². The number of aliphatic carboxylic acids is 1. The number of carbonyl (C=O) groups is 2. The lowest BCUT2D eigenvalue weighted by atomic mass is 9.97. The molecule has 0 radical (unpaired) electrons. The van der Waals surface area contributed by atoms with Crippen LogP contribution in [0.5, 0.6) is 0 Å². The van der Waals surface area contributed by atoms with E-state index >= 15 is 0 Å². The number of benzene rings is 1. The van der Waals surface area contributed by atoms with Crippen LogP contribution in [0.1, 0.15) is 42.3 Å². The van der Waals surface area contributed by atoms with Crippen molar-refractivity contribution in [2.24, 2.45) is 5.73 Å². The highest BCUT2D eigenvalue weighted by Crippen LogP contribution is 2.19. The fourth-order valence-corrected chi connectivity index (χ4v) is 1.98. The number of hydrogen-bond donors (Lipinski definition) is 3. The summed E-state index contributed by atoms with van der Waals surface area (Å²) < 4.78 is 5.39. The maximum absolute atomic E-state index is 12.4. The Kier molecular flexibility index (Phi) is 6.08. The fraction of sp³-hybridized carbons (Fsp3) is 0.500. The van der Waals surface area contributed by atoms with Crippen molar-refractivity contribution in [3.8, 4) is 0 Å². The molecule has 0 spiro atoms. The Labute approximate surface area is 130 Å². The Morgan fingerprint density at radius 2 is 2.00 bits per heavy atom. The molecule has 122 valence electrons. The third-order valence-electron chi connectivity index (χ3n) is 3.10. The van der Waals surface area contributed by atoms with Gasteiger partial charge in [0.15, 0.2) is 0 Å². The van der Waals surface area contributed by atoms with Gasteiger partial charge in [0.1, 0.15) is 11.6 Å². The molecule has 0 aliphatic heterocycles. The van der Waals surface area contributed by atoms with E-state index in [9.17, 15) is 9.59 Å². The van der Waals surface area contributed by atoms with Crippen molar-refractivity contribution in [1.29, 1.82) is 0 Å². The molecule has 0 heterocycles. The van der Waals surface area contributed by atoms with Crippen molar-refractivity contribution in [3.05, 3.63) is 34.9 Å². The van der Waals surface area contributed by atoms with E-state index in [0.717, 1.165) is 5.56 Å². The highest BCUT2D eigenvalue weighted by Gasteiger charge is 2.23. The lowest BCUT2D eigenvalue weighted by Crippen LogP contribution is -2.36. The van der Waals surface area contributed by atoms with Crippen molar-refractivity contribution in [2.75, 3.05) is 7.05 Å². The van der Waals surface area contributed by atoms with E-state index in [-0.39, 0.29) is 6.42 Å². The van der Waals surface area contributed by atoms with Crippen LogP contribution in [0.15, 0.2) is 18.2 Å². The summed E-state index contributed by atoms with van der Waals surface area (Å²) in [5.41, 5.74) is 6.76. The number of nitrogens with two attached hydrogens (primary N) is 1. The number of carboxylic acids is 1. The zero-order valence-electron chi connectivity index (χ0n) is 13.5. The quantitative estimate of drug-likeness (QED) is 0.685. The van der Waals surface area contributed by atoms with Crippen molar-refractivity contribution in [1.82, 2.24) is 5.32 Å². The second-order valence-corrected chi connectivity index (χ2v) is 6.08. The summed E-state index contributed by atoms with van der Waals surface area (Å²) in [6.45, 7) is 5.64. The number of rotatable bonds is 6. The maximum Gasteiger partial charge on any atom is 0.338 e. The molecule has 0 saturated heterocycles. The molecule has 1 atom stereocenters. The third-order valence-corrected chi connectivity index (χ3v) is 3.10. The van der Waals surface area contributed by atoms with Gasteiger partial charge in [0.2, 0.25) is 0 Å². The average Bonchev–Trinajstić information content (AvgIpc) is 2.42. The molecule has 6 nitrogen and oxygen atoms in total. The van der Waals surface area contributed by atoms with Crippen molar-refractivity contribution in [2.45, 2.75) is 45.4 Å². The van der Waals surface area contributed by atoms with Crippen molar-refractivity contribution < 1.29 is 19.4 Å². The lowest BCUT2D eigenvalue weighted by Gasteiger charge is -2.21. The van der Waals surface area contributed by atoms with Gasteiger partial charge in [0.25, 0.3) is 0 Å². The first-order valence-electron chi connectivity index (χ1n) is 7.13. The first-order valence-corrected chi connectivity index (χ1v) is 7.13. The SMILES string of the molecule is CNC(Cc1ccc(CN)cc1C(=O)OC(C)(C)C)C(=O)O. The molecule has 0 bridgehead atoms. The van der Waals surface area contributed by atoms with Gasteiger partial charge in [0, 0.05) is 6.54 Å². The molecule has 0 saturated carbocycles. The molecular formula is C16H24N2O4. The smallest absolute Gasteiger partial charge is 0.338 e. The van der Waals surface area contributed by atoms with Crippen LogP contribution >= 0.6 is 0 Å². The molecule has 1 aromatic rings. The second-order valence-electron chi connectivity index (χ2n) is 6.08. The molecule has 0 amide bonds. The summed E-state index contributed by atoms with van der Waals surface area (Å²) in [7, 11) is 1.57. The Bertz CT molecular complexity index is 550. The van der Waals surface area contributed by atoms with E-state index in [4.69, 9.17) is 15.6 Å². The molecular weight excluding hydrogens is 284 g/mol. The molecule has 0 aromatic heterocycles. The molecule has 22 heavy (non-hydrogen) atoms. The number of carbonyl (C=O) groups excluding carboxylic acids is 1. The van der Waals surface area contributed by atoms with Crippen molar-refractivity contribution >= 4 is 11.9 Å². The molecule has 1 rings (SSSR count). The first kappa shape index (κ1) is 18.1. The van der Waals surface area contributed by atoms with E-state index in [0.29, 0.717) is 17.7 Å². The van der Waals surface area contributed by atoms with Crippen LogP contribution in [0.25, 0.3) is 0 Å². The molecule has 6 heteroatoms. The number of hydrogen-bond acceptors (Lipinski definition) is 5. The largest absolute Gasteiger partial charge is 0.480 e. The highest BCUT2D eigenvalue weighted by molar-refractivity contribution is 5.92. The minimum atomic E-state index is -0.972. The van der Waals surface area contributed by atoms with Gasteiger partial charge in [-0.1, -0.05) is 12.1 Å². The summed E-state index contributed by atoms with van der Waals surface area (Å²) in [6.07, 6.45) is 0.186. The van der Waals surface area contributed by atoms with E-state index in [1.54, 1.807) is 46.0 Å². The standard InChI is InChI=1S/C16H24N2O4/c1-16(2,3)22-15(21)12-7-10(9-17)5-6-11(12)8-13(18-4)14(19)20/h5-7,13,18H,8-9,17H2,1-4H3,(H,19,20). The van der Waals surface area contributed by atoms with Gasteiger partial charge in [-0.2, -0.15) is 0 Å². The lowest BCUT2D eigenvalue weighted by molar-refractivity contribution is -0.139. The predicted octanol–water partition coefficient (Wildman–Crippen LogP) is 1.32. The zero-order chi connectivity index (χ0) is 16.9. The number of esters is 1. The van der Waals surface area contributed by atoms with Gasteiger partial charge in [-0.05, 0) is 51.4 Å². The van der Waals surface area contributed by atoms with Crippen LogP contribution in [0.2, 0.25) is 0 Å². The monoisotopic (exact) mass is 308 g/mol. The normalized spacial score (nSPS) is 12.8. The summed E-state index contributed by atoms with van der Waals surface area (Å²) in [5, 5.41) is 11.9. The Morgan fingerprint density at radius 1 is 1.36 bits per heavy atom. The van der Waals surface area contributed by atoms with Gasteiger partial charge < -0.3 is 20.9 Å². The highest BCUT2D eigenvalue weighted by atomic mass is 16.6. The average molecular weight is 308 g/mol. The predicted molar refractivity (Wildman–Crippen MR) is 83.7 cm³/mol. The Morgan fingerprint density at radius 3 is 2.45 bits per heavy atom. The Hall–Kier alpha value is -1.92. The van der Waals surface area contributed by atoms with Crippen molar-refractivity contribution in [3.63, 3.8) is 0 Å². The second kappa shape index (κ2) is 7.38. The number of likely N-dealkylation sites (N-methyl/N-ethyl adjacent to an activating group) is 1. The maximum atomic E-state index is 12.4. The molecule has 0 fully saturated rings. The first-order chi connectivity index (χ1) is 10.2. The Balaban J connectivity index is 3.16. The minimum Gasteiger partial charge on any atom is -0.480 e. The van der Waals surface area contributed by atoms with Gasteiger partial charge in [-0.15, -0.1) is 0 Å². The summed E-state index contributed by atoms with van der Waals surface area (Å²) in [5.74, 6) is -1.45. The number of carboxylic acid groups (broad SMARTS) is 1. The summed E-state index contributed by atoms with van der Waals surface area (Å²) in [6, 6.07) is 4.41. The summed E-state index contributed by atoms with van der Waals surface area (Å²) >= 11 is 0. The third kappa shape index (κ3) is 5.13. The van der Waals surface area contributed by atoms with Crippen LogP contribution in [0.4, 0.5) is 0 Å². The van der Waals surface area contributed by atoms with Gasteiger partial charge in [-0.3, -0.25) is 4.79 Å². The van der Waals surface area contributed by atoms with Crippen LogP contribution in [0, 0.1) is 0 Å². The zero-order valence-corrected chi connectivity index (χ0v) is 13.5. The minimum absolute atomic E-state index is 0.186. The van der Waals surface area contributed by atoms with Crippen LogP contribution in [-0.4, -0.2) is 35.7 Å².